The van der Waals surface area contributed by atoms with Gasteiger partial charge in [-0.25, -0.2) is 0 Å². The number of rotatable bonds is 4. The minimum Gasteiger partial charge on any atom is -0.304 e. The summed E-state index contributed by atoms with van der Waals surface area (Å²) in [5.74, 6) is -0.630. The maximum absolute atomic E-state index is 12.6. The molecule has 1 amide bonds. The van der Waals surface area contributed by atoms with Crippen molar-refractivity contribution in [1.29, 1.82) is 0 Å². The van der Waals surface area contributed by atoms with Crippen LogP contribution in [0.4, 0.5) is 19.0 Å². The van der Waals surface area contributed by atoms with Crippen LogP contribution in [0.5, 0.6) is 0 Å². The van der Waals surface area contributed by atoms with Gasteiger partial charge < -0.3 is 5.32 Å². The summed E-state index contributed by atoms with van der Waals surface area (Å²) < 4.78 is 39.3. The molecule has 2 N–H and O–H groups in total. The molecule has 0 saturated carbocycles. The van der Waals surface area contributed by atoms with Crippen LogP contribution in [-0.4, -0.2) is 25.9 Å². The van der Waals surface area contributed by atoms with Crippen molar-refractivity contribution in [1.82, 2.24) is 20.0 Å². The standard InChI is InChI=1S/C16H12Cl2F3N5O/c1-8-4-14(22-15(27)12-6-13(24-23-12)16(19,20)21)25-26(8)7-9-2-3-10(17)5-11(9)18/h2-6H,7H2,1H3,(H,23,24)(H,22,25,27). The van der Waals surface area contributed by atoms with Gasteiger partial charge in [-0.15, -0.1) is 0 Å². The van der Waals surface area contributed by atoms with E-state index in [1.807, 2.05) is 0 Å². The number of aromatic amines is 1. The monoisotopic (exact) mass is 417 g/mol. The molecular weight excluding hydrogens is 406 g/mol. The highest BCUT2D eigenvalue weighted by molar-refractivity contribution is 6.35. The molecule has 0 saturated heterocycles. The number of aryl methyl sites for hydroxylation is 1. The molecule has 0 atom stereocenters. The van der Waals surface area contributed by atoms with E-state index in [0.29, 0.717) is 28.4 Å². The van der Waals surface area contributed by atoms with Gasteiger partial charge in [0.2, 0.25) is 0 Å². The van der Waals surface area contributed by atoms with Crippen molar-refractivity contribution in [2.24, 2.45) is 0 Å². The van der Waals surface area contributed by atoms with Crippen LogP contribution in [0.15, 0.2) is 30.3 Å². The molecule has 0 fully saturated rings. The summed E-state index contributed by atoms with van der Waals surface area (Å²) in [5.41, 5.74) is -0.0106. The molecule has 0 unspecified atom stereocenters. The van der Waals surface area contributed by atoms with Crippen molar-refractivity contribution < 1.29 is 18.0 Å². The number of nitrogens with zero attached hydrogens (tertiary/aromatic N) is 3. The highest BCUT2D eigenvalue weighted by Gasteiger charge is 2.33. The maximum atomic E-state index is 12.6. The van der Waals surface area contributed by atoms with Gasteiger partial charge in [0.25, 0.3) is 5.91 Å². The van der Waals surface area contributed by atoms with E-state index in [-0.39, 0.29) is 5.82 Å². The lowest BCUT2D eigenvalue weighted by Gasteiger charge is -2.07. The van der Waals surface area contributed by atoms with Crippen LogP contribution in [-0.2, 0) is 12.7 Å². The van der Waals surface area contributed by atoms with Crippen molar-refractivity contribution in [3.63, 3.8) is 0 Å². The average molecular weight is 418 g/mol. The number of H-pyrrole nitrogens is 1. The average Bonchev–Trinajstić information content (AvgIpc) is 3.17. The molecule has 0 aliphatic carbocycles. The van der Waals surface area contributed by atoms with E-state index in [1.165, 1.54) is 0 Å². The molecule has 27 heavy (non-hydrogen) atoms. The summed E-state index contributed by atoms with van der Waals surface area (Å²) in [5, 5.41) is 12.8. The quantitative estimate of drug-likeness (QED) is 0.653. The van der Waals surface area contributed by atoms with Gasteiger partial charge in [0.1, 0.15) is 5.69 Å². The number of benzene rings is 1. The number of alkyl halides is 3. The Morgan fingerprint density at radius 3 is 2.63 bits per heavy atom. The van der Waals surface area contributed by atoms with Crippen LogP contribution in [0.3, 0.4) is 0 Å². The van der Waals surface area contributed by atoms with Crippen LogP contribution in [0, 0.1) is 6.92 Å². The Balaban J connectivity index is 1.74. The Kier molecular flexibility index (Phi) is 5.16. The summed E-state index contributed by atoms with van der Waals surface area (Å²) in [7, 11) is 0. The summed E-state index contributed by atoms with van der Waals surface area (Å²) >= 11 is 12.0. The van der Waals surface area contributed by atoms with E-state index in [0.717, 1.165) is 5.56 Å². The number of aromatic nitrogens is 4. The third kappa shape index (κ3) is 4.42. The number of nitrogens with one attached hydrogen (secondary N) is 2. The molecule has 0 bridgehead atoms. The normalized spacial score (nSPS) is 11.6. The zero-order chi connectivity index (χ0) is 19.8. The number of carbonyl (C=O) groups excluding carboxylic acids is 1. The molecule has 0 aliphatic heterocycles. The van der Waals surface area contributed by atoms with Crippen LogP contribution >= 0.6 is 23.2 Å². The second kappa shape index (κ2) is 7.24. The Labute approximate surface area is 161 Å². The summed E-state index contributed by atoms with van der Waals surface area (Å²) in [4.78, 5) is 12.1. The van der Waals surface area contributed by atoms with Crippen LogP contribution in [0.1, 0.15) is 27.4 Å². The first kappa shape index (κ1) is 19.2. The topological polar surface area (TPSA) is 75.6 Å². The van der Waals surface area contributed by atoms with Gasteiger partial charge in [0.15, 0.2) is 11.5 Å². The number of amides is 1. The number of hydrogen-bond donors (Lipinski definition) is 2. The fraction of sp³-hybridized carbons (Fsp3) is 0.188. The van der Waals surface area contributed by atoms with Gasteiger partial charge in [-0.05, 0) is 24.6 Å². The van der Waals surface area contributed by atoms with Crippen molar-refractivity contribution >= 4 is 34.9 Å². The van der Waals surface area contributed by atoms with Crippen molar-refractivity contribution in [2.75, 3.05) is 5.32 Å². The van der Waals surface area contributed by atoms with E-state index in [1.54, 1.807) is 41.0 Å². The SMILES string of the molecule is Cc1cc(NC(=O)c2cc(C(F)(F)F)[nH]n2)nn1Cc1ccc(Cl)cc1Cl. The molecule has 3 aromatic rings. The second-order valence-corrected chi connectivity index (χ2v) is 6.53. The first-order valence-corrected chi connectivity index (χ1v) is 8.31. The molecule has 2 aromatic heterocycles. The van der Waals surface area contributed by atoms with Crippen molar-refractivity contribution in [2.45, 2.75) is 19.6 Å². The molecule has 0 radical (unpaired) electrons. The molecule has 1 aromatic carbocycles. The number of hydrogen-bond acceptors (Lipinski definition) is 3. The summed E-state index contributed by atoms with van der Waals surface area (Å²) in [6.45, 7) is 2.10. The van der Waals surface area contributed by atoms with Crippen molar-refractivity contribution in [3.05, 3.63) is 63.0 Å². The lowest BCUT2D eigenvalue weighted by atomic mass is 10.2. The molecule has 11 heteroatoms. The Morgan fingerprint density at radius 1 is 1.26 bits per heavy atom. The number of halogens is 5. The van der Waals surface area contributed by atoms with E-state index < -0.39 is 23.5 Å². The van der Waals surface area contributed by atoms with Gasteiger partial charge in [-0.2, -0.15) is 23.4 Å². The van der Waals surface area contributed by atoms with Crippen molar-refractivity contribution in [3.8, 4) is 0 Å². The van der Waals surface area contributed by atoms with E-state index in [2.05, 4.69) is 15.5 Å². The molecule has 2 heterocycles. The van der Waals surface area contributed by atoms with Gasteiger partial charge in [-0.1, -0.05) is 29.3 Å². The molecule has 142 valence electrons. The van der Waals surface area contributed by atoms with Crippen LogP contribution < -0.4 is 5.32 Å². The number of anilines is 1. The Bertz CT molecular complexity index is 996. The fourth-order valence-corrected chi connectivity index (χ4v) is 2.77. The lowest BCUT2D eigenvalue weighted by molar-refractivity contribution is -0.141. The van der Waals surface area contributed by atoms with E-state index in [4.69, 9.17) is 23.2 Å². The summed E-state index contributed by atoms with van der Waals surface area (Å²) in [6.07, 6.45) is -4.61. The largest absolute Gasteiger partial charge is 0.432 e. The molecule has 0 aliphatic rings. The zero-order valence-corrected chi connectivity index (χ0v) is 15.2. The predicted octanol–water partition coefficient (Wildman–Crippen LogP) is 4.54. The van der Waals surface area contributed by atoms with Gasteiger partial charge >= 0.3 is 6.18 Å². The Hall–Kier alpha value is -2.52. The van der Waals surface area contributed by atoms with Gasteiger partial charge in [0, 0.05) is 27.9 Å². The maximum Gasteiger partial charge on any atom is 0.432 e. The molecule has 3 rings (SSSR count). The zero-order valence-electron chi connectivity index (χ0n) is 13.7. The highest BCUT2D eigenvalue weighted by atomic mass is 35.5. The van der Waals surface area contributed by atoms with E-state index in [9.17, 15) is 18.0 Å². The van der Waals surface area contributed by atoms with Crippen LogP contribution in [0.25, 0.3) is 0 Å². The van der Waals surface area contributed by atoms with Gasteiger partial charge in [-0.3, -0.25) is 14.6 Å². The fourth-order valence-electron chi connectivity index (χ4n) is 2.31. The highest BCUT2D eigenvalue weighted by Crippen LogP contribution is 2.28. The smallest absolute Gasteiger partial charge is 0.304 e. The number of carbonyl (C=O) groups is 1. The van der Waals surface area contributed by atoms with Gasteiger partial charge in [0.05, 0.1) is 6.54 Å². The first-order chi connectivity index (χ1) is 12.6. The second-order valence-electron chi connectivity index (χ2n) is 5.68. The van der Waals surface area contributed by atoms with Crippen LogP contribution in [0.2, 0.25) is 10.0 Å². The molecule has 0 spiro atoms. The third-order valence-corrected chi connectivity index (χ3v) is 4.26. The Morgan fingerprint density at radius 2 is 2.00 bits per heavy atom. The molecular formula is C16H12Cl2F3N5O. The summed E-state index contributed by atoms with van der Waals surface area (Å²) in [6, 6.07) is 7.27. The van der Waals surface area contributed by atoms with E-state index >= 15 is 0 Å². The lowest BCUT2D eigenvalue weighted by Crippen LogP contribution is -2.13. The minimum atomic E-state index is -4.61. The third-order valence-electron chi connectivity index (χ3n) is 3.67. The minimum absolute atomic E-state index is 0.180. The first-order valence-electron chi connectivity index (χ1n) is 7.56. The molecule has 6 nitrogen and oxygen atoms in total. The predicted molar refractivity (Wildman–Crippen MR) is 94.1 cm³/mol.